The predicted molar refractivity (Wildman–Crippen MR) is 321 cm³/mol. The van der Waals surface area contributed by atoms with Gasteiger partial charge in [0.15, 0.2) is 0 Å². The number of esters is 2. The largest absolute Gasteiger partial charge is 0.480 e. The van der Waals surface area contributed by atoms with Gasteiger partial charge in [-0.1, -0.05) is 206 Å². The van der Waals surface area contributed by atoms with Crippen molar-refractivity contribution in [2.75, 3.05) is 124 Å². The first kappa shape index (κ1) is 74.1. The molecule has 0 aromatic heterocycles. The molecule has 18 heteroatoms. The summed E-state index contributed by atoms with van der Waals surface area (Å²) in [6, 6.07) is 0. The zero-order valence-electron chi connectivity index (χ0n) is 51.4. The summed E-state index contributed by atoms with van der Waals surface area (Å²) < 4.78 is 9.99. The van der Waals surface area contributed by atoms with E-state index in [1.165, 1.54) is 180 Å². The first-order chi connectivity index (χ1) is 38.9. The van der Waals surface area contributed by atoms with Crippen LogP contribution in [0.25, 0.3) is 0 Å². The lowest BCUT2D eigenvalue weighted by molar-refractivity contribution is -0.144. The molecule has 1 saturated heterocycles. The Labute approximate surface area is 486 Å². The number of nitrogens with one attached hydrogen (secondary N) is 3. The molecule has 0 aromatic rings. The summed E-state index contributed by atoms with van der Waals surface area (Å²) in [5.74, 6) is -3.41. The number of carbonyl (C=O) groups is 7. The summed E-state index contributed by atoms with van der Waals surface area (Å²) in [4.78, 5) is 99.4. The van der Waals surface area contributed by atoms with E-state index in [1.54, 1.807) is 13.8 Å². The maximum absolute atomic E-state index is 14.6. The third-order valence-corrected chi connectivity index (χ3v) is 15.2. The minimum atomic E-state index is -1.15. The number of nitrogens with zero attached hydrogens (tertiary/aromatic N) is 5. The third-order valence-electron chi connectivity index (χ3n) is 15.2. The molecule has 0 radical (unpaired) electrons. The van der Waals surface area contributed by atoms with E-state index < -0.39 is 36.3 Å². The number of rotatable bonds is 50. The van der Waals surface area contributed by atoms with Crippen LogP contribution < -0.4 is 16.0 Å². The fourth-order valence-corrected chi connectivity index (χ4v) is 10.3. The number of carbonyl (C=O) groups excluding carboxylic acids is 6. The van der Waals surface area contributed by atoms with Gasteiger partial charge >= 0.3 is 17.9 Å². The van der Waals surface area contributed by atoms with E-state index in [-0.39, 0.29) is 64.3 Å². The number of aliphatic carboxylic acids is 1. The monoisotopic (exact) mass is 1130 g/mol. The van der Waals surface area contributed by atoms with Crippen molar-refractivity contribution in [2.45, 2.75) is 233 Å². The van der Waals surface area contributed by atoms with Crippen LogP contribution in [0.1, 0.15) is 233 Å². The molecule has 0 spiro atoms. The second-order valence-electron chi connectivity index (χ2n) is 22.4. The summed E-state index contributed by atoms with van der Waals surface area (Å²) >= 11 is 0. The van der Waals surface area contributed by atoms with Gasteiger partial charge in [-0.3, -0.25) is 53.2 Å². The molecule has 4 amide bonds. The topological polar surface area (TPSA) is 210 Å². The van der Waals surface area contributed by atoms with Gasteiger partial charge in [0.2, 0.25) is 23.6 Å². The Kier molecular flexibility index (Phi) is 49.3. The Hall–Kier alpha value is -3.87. The van der Waals surface area contributed by atoms with Crippen molar-refractivity contribution in [3.63, 3.8) is 0 Å². The van der Waals surface area contributed by atoms with Crippen molar-refractivity contribution in [3.05, 3.63) is 0 Å². The van der Waals surface area contributed by atoms with Gasteiger partial charge in [0, 0.05) is 65.4 Å². The molecule has 1 rings (SSSR count). The van der Waals surface area contributed by atoms with Crippen LogP contribution in [0, 0.1) is 0 Å². The smallest absolute Gasteiger partial charge is 0.325 e. The van der Waals surface area contributed by atoms with Crippen LogP contribution in [0.2, 0.25) is 0 Å². The molecular weight excluding hydrogens is 1020 g/mol. The number of carboxylic acid groups (broad SMARTS) is 1. The maximum atomic E-state index is 14.6. The molecule has 1 aliphatic rings. The summed E-state index contributed by atoms with van der Waals surface area (Å²) in [5, 5.41) is 17.0. The van der Waals surface area contributed by atoms with E-state index in [2.05, 4.69) is 39.6 Å². The van der Waals surface area contributed by atoms with Crippen molar-refractivity contribution in [1.29, 1.82) is 0 Å². The van der Waals surface area contributed by atoms with Gasteiger partial charge in [0.25, 0.3) is 0 Å². The molecule has 0 aliphatic carbocycles. The van der Waals surface area contributed by atoms with Crippen molar-refractivity contribution < 1.29 is 48.1 Å². The molecule has 1 fully saturated rings. The number of amides is 4. The van der Waals surface area contributed by atoms with E-state index in [1.807, 2.05) is 14.7 Å². The Bertz CT molecular complexity index is 1560. The van der Waals surface area contributed by atoms with Crippen molar-refractivity contribution in [2.24, 2.45) is 0 Å². The van der Waals surface area contributed by atoms with Gasteiger partial charge in [-0.05, 0) is 26.7 Å². The zero-order valence-corrected chi connectivity index (χ0v) is 51.4. The molecule has 1 heterocycles. The van der Waals surface area contributed by atoms with Gasteiger partial charge in [0.1, 0.15) is 19.6 Å². The quantitative estimate of drug-likeness (QED) is 0.0331. The molecule has 0 saturated carbocycles. The minimum Gasteiger partial charge on any atom is -0.480 e. The van der Waals surface area contributed by atoms with E-state index >= 15 is 0 Å². The highest BCUT2D eigenvalue weighted by Gasteiger charge is 2.24. The maximum Gasteiger partial charge on any atom is 0.325 e. The highest BCUT2D eigenvalue weighted by molar-refractivity contribution is 5.84. The van der Waals surface area contributed by atoms with E-state index in [4.69, 9.17) is 9.47 Å². The molecule has 0 unspecified atom stereocenters. The van der Waals surface area contributed by atoms with E-state index in [0.29, 0.717) is 65.4 Å². The van der Waals surface area contributed by atoms with Gasteiger partial charge in [0.05, 0.1) is 39.4 Å². The van der Waals surface area contributed by atoms with E-state index in [9.17, 15) is 38.7 Å². The molecular formula is C62H118N8O10. The molecule has 466 valence electrons. The highest BCUT2D eigenvalue weighted by atomic mass is 16.5. The number of hydrogen-bond acceptors (Lipinski definition) is 13. The van der Waals surface area contributed by atoms with Crippen molar-refractivity contribution in [3.8, 4) is 0 Å². The van der Waals surface area contributed by atoms with Crippen molar-refractivity contribution >= 4 is 41.5 Å². The fourth-order valence-electron chi connectivity index (χ4n) is 10.3. The van der Waals surface area contributed by atoms with Crippen LogP contribution in [0.5, 0.6) is 0 Å². The Morgan fingerprint density at radius 1 is 0.350 bits per heavy atom. The van der Waals surface area contributed by atoms with Gasteiger partial charge in [-0.15, -0.1) is 0 Å². The molecule has 80 heavy (non-hydrogen) atoms. The number of ether oxygens (including phenoxy) is 2. The summed E-state index contributed by atoms with van der Waals surface area (Å²) in [7, 11) is 0. The van der Waals surface area contributed by atoms with Crippen LogP contribution >= 0.6 is 0 Å². The summed E-state index contributed by atoms with van der Waals surface area (Å²) in [6.07, 6.45) is 41.1. The number of unbranched alkanes of at least 4 members (excludes halogenated alkanes) is 30. The van der Waals surface area contributed by atoms with Crippen LogP contribution in [-0.4, -0.2) is 196 Å². The second-order valence-corrected chi connectivity index (χ2v) is 22.4. The lowest BCUT2D eigenvalue weighted by atomic mass is 10.0. The Morgan fingerprint density at radius 3 is 0.838 bits per heavy atom. The van der Waals surface area contributed by atoms with Crippen LogP contribution in [-0.2, 0) is 43.0 Å². The lowest BCUT2D eigenvalue weighted by Gasteiger charge is -2.34. The standard InChI is InChI=1S/C62H118N8O10/c1-5-9-11-13-15-17-19-21-23-25-27-29-31-33-35-37-39-70(40-38-36-34-32-30-28-26-24-22-20-18-16-14-12-10-6-2)59(74)55-69-47-45-67(52-56(71)63-49-60(75)76)43-41-66(53-57(72)64-50-61(77)79-7-3)42-44-68(46-48-69)54-58(73)65-51-62(78)80-8-4/h5-55H2,1-4H3,(H,63,71)(H,64,72)(H,65,73)(H,75,76). The summed E-state index contributed by atoms with van der Waals surface area (Å²) in [6.45, 7) is 11.5. The average Bonchev–Trinajstić information content (AvgIpc) is 3.43. The molecule has 4 N–H and O–H groups in total. The normalized spacial score (nSPS) is 14.2. The first-order valence-corrected chi connectivity index (χ1v) is 32.4. The minimum absolute atomic E-state index is 0.0371. The van der Waals surface area contributed by atoms with E-state index in [0.717, 1.165) is 25.7 Å². The second kappa shape index (κ2) is 53.2. The fraction of sp³-hybridized carbons (Fsp3) is 0.887. The molecule has 0 atom stereocenters. The molecule has 1 aliphatic heterocycles. The van der Waals surface area contributed by atoms with Gasteiger partial charge < -0.3 is 35.4 Å². The van der Waals surface area contributed by atoms with Crippen LogP contribution in [0.3, 0.4) is 0 Å². The average molecular weight is 1140 g/mol. The third kappa shape index (κ3) is 45.7. The Balaban J connectivity index is 3.11. The highest BCUT2D eigenvalue weighted by Crippen LogP contribution is 2.17. The summed E-state index contributed by atoms with van der Waals surface area (Å²) in [5.41, 5.74) is 0. The molecule has 18 nitrogen and oxygen atoms in total. The van der Waals surface area contributed by atoms with Crippen molar-refractivity contribution in [1.82, 2.24) is 40.4 Å². The molecule has 0 bridgehead atoms. The van der Waals surface area contributed by atoms with Crippen LogP contribution in [0.15, 0.2) is 0 Å². The van der Waals surface area contributed by atoms with Gasteiger partial charge in [-0.2, -0.15) is 0 Å². The predicted octanol–water partition coefficient (Wildman–Crippen LogP) is 9.12. The molecule has 0 aromatic carbocycles. The number of carboxylic acids is 1. The van der Waals surface area contributed by atoms with Crippen LogP contribution in [0.4, 0.5) is 0 Å². The zero-order chi connectivity index (χ0) is 58.5. The lowest BCUT2D eigenvalue weighted by Crippen LogP contribution is -2.52. The first-order valence-electron chi connectivity index (χ1n) is 32.4. The SMILES string of the molecule is CCCCCCCCCCCCCCCCCCN(CCCCCCCCCCCCCCCCCC)C(=O)CN1CCN(CC(=O)NCC(=O)O)CCN(CC(=O)NCC(=O)OCC)CCN(CC(=O)NCC(=O)OCC)CC1. The Morgan fingerprint density at radius 2 is 0.588 bits per heavy atom. The number of hydrogen-bond donors (Lipinski definition) is 4. The van der Waals surface area contributed by atoms with Gasteiger partial charge in [-0.25, -0.2) is 0 Å².